The second-order valence-corrected chi connectivity index (χ2v) is 4.73. The third kappa shape index (κ3) is 2.32. The fourth-order valence-corrected chi connectivity index (χ4v) is 2.18. The minimum absolute atomic E-state index is 0. The zero-order valence-corrected chi connectivity index (χ0v) is 11.2. The number of imidazole rings is 1. The van der Waals surface area contributed by atoms with Crippen molar-refractivity contribution in [1.82, 2.24) is 9.97 Å². The van der Waals surface area contributed by atoms with Gasteiger partial charge in [0, 0.05) is 7.11 Å². The SMILES string of the molecule is CCc1ccc2nc(Nc3ccccc3C)[nH]c2c1.[HH]. The minimum atomic E-state index is 0. The summed E-state index contributed by atoms with van der Waals surface area (Å²) in [6, 6.07) is 14.5. The molecule has 3 rings (SSSR count). The predicted molar refractivity (Wildman–Crippen MR) is 82.0 cm³/mol. The van der Waals surface area contributed by atoms with Crippen LogP contribution in [0.1, 0.15) is 19.5 Å². The van der Waals surface area contributed by atoms with E-state index in [-0.39, 0.29) is 1.43 Å². The quantitative estimate of drug-likeness (QED) is 0.725. The molecule has 0 aliphatic rings. The van der Waals surface area contributed by atoms with E-state index >= 15 is 0 Å². The summed E-state index contributed by atoms with van der Waals surface area (Å²) in [5, 5.41) is 3.33. The zero-order valence-electron chi connectivity index (χ0n) is 11.2. The molecule has 19 heavy (non-hydrogen) atoms. The first-order valence-corrected chi connectivity index (χ1v) is 6.57. The molecule has 3 nitrogen and oxygen atoms in total. The van der Waals surface area contributed by atoms with Crippen LogP contribution in [-0.4, -0.2) is 9.97 Å². The monoisotopic (exact) mass is 253 g/mol. The van der Waals surface area contributed by atoms with Gasteiger partial charge in [-0.25, -0.2) is 4.98 Å². The minimum Gasteiger partial charge on any atom is -0.326 e. The van der Waals surface area contributed by atoms with Crippen molar-refractivity contribution < 1.29 is 1.43 Å². The van der Waals surface area contributed by atoms with Crippen molar-refractivity contribution >= 4 is 22.7 Å². The van der Waals surface area contributed by atoms with E-state index in [4.69, 9.17) is 0 Å². The van der Waals surface area contributed by atoms with Crippen molar-refractivity contribution in [2.75, 3.05) is 5.32 Å². The number of aryl methyl sites for hydroxylation is 2. The molecule has 0 aliphatic heterocycles. The van der Waals surface area contributed by atoms with Gasteiger partial charge in [-0.1, -0.05) is 31.2 Å². The van der Waals surface area contributed by atoms with E-state index in [0.717, 1.165) is 29.1 Å². The summed E-state index contributed by atoms with van der Waals surface area (Å²) in [5.41, 5.74) is 5.68. The van der Waals surface area contributed by atoms with Gasteiger partial charge in [-0.15, -0.1) is 0 Å². The molecule has 2 aromatic carbocycles. The molecule has 3 heteroatoms. The van der Waals surface area contributed by atoms with Gasteiger partial charge in [-0.3, -0.25) is 0 Å². The van der Waals surface area contributed by atoms with Gasteiger partial charge < -0.3 is 10.3 Å². The van der Waals surface area contributed by atoms with Crippen molar-refractivity contribution in [2.24, 2.45) is 0 Å². The Morgan fingerprint density at radius 3 is 2.84 bits per heavy atom. The number of nitrogens with one attached hydrogen (secondary N) is 2. The van der Waals surface area contributed by atoms with E-state index < -0.39 is 0 Å². The van der Waals surface area contributed by atoms with E-state index in [2.05, 4.69) is 59.5 Å². The molecular formula is C16H19N3. The number of para-hydroxylation sites is 1. The normalized spacial score (nSPS) is 10.8. The number of anilines is 2. The van der Waals surface area contributed by atoms with Crippen molar-refractivity contribution in [1.29, 1.82) is 0 Å². The molecular weight excluding hydrogens is 234 g/mol. The summed E-state index contributed by atoms with van der Waals surface area (Å²) in [6.45, 7) is 4.24. The maximum Gasteiger partial charge on any atom is 0.205 e. The number of rotatable bonds is 3. The van der Waals surface area contributed by atoms with Crippen LogP contribution in [0.5, 0.6) is 0 Å². The van der Waals surface area contributed by atoms with Crippen molar-refractivity contribution in [2.45, 2.75) is 20.3 Å². The van der Waals surface area contributed by atoms with Crippen LogP contribution in [0.25, 0.3) is 11.0 Å². The van der Waals surface area contributed by atoms with E-state index in [1.165, 1.54) is 11.1 Å². The summed E-state index contributed by atoms with van der Waals surface area (Å²) < 4.78 is 0. The molecule has 1 heterocycles. The Balaban J connectivity index is 0.00000147. The third-order valence-corrected chi connectivity index (χ3v) is 3.35. The zero-order chi connectivity index (χ0) is 13.2. The van der Waals surface area contributed by atoms with Crippen LogP contribution in [0.3, 0.4) is 0 Å². The molecule has 3 aromatic rings. The largest absolute Gasteiger partial charge is 0.326 e. The first-order valence-electron chi connectivity index (χ1n) is 6.57. The summed E-state index contributed by atoms with van der Waals surface area (Å²) in [7, 11) is 0. The van der Waals surface area contributed by atoms with Gasteiger partial charge in [-0.05, 0) is 42.7 Å². The van der Waals surface area contributed by atoms with Crippen LogP contribution >= 0.6 is 0 Å². The Hall–Kier alpha value is -2.29. The lowest BCUT2D eigenvalue weighted by Gasteiger charge is -2.05. The Kier molecular flexibility index (Phi) is 2.95. The summed E-state index contributed by atoms with van der Waals surface area (Å²) in [4.78, 5) is 7.88. The highest BCUT2D eigenvalue weighted by Crippen LogP contribution is 2.21. The number of aromatic nitrogens is 2. The standard InChI is InChI=1S/C16H17N3.H2/c1-3-12-8-9-14-15(10-12)19-16(18-14)17-13-7-5-4-6-11(13)2;/h4-10H,3H2,1-2H3,(H2,17,18,19);1H. The molecule has 98 valence electrons. The Labute approximate surface area is 114 Å². The second kappa shape index (κ2) is 4.76. The molecule has 0 bridgehead atoms. The van der Waals surface area contributed by atoms with Crippen molar-refractivity contribution in [3.05, 3.63) is 53.6 Å². The summed E-state index contributed by atoms with van der Waals surface area (Å²) in [5.74, 6) is 0.789. The topological polar surface area (TPSA) is 40.7 Å². The third-order valence-electron chi connectivity index (χ3n) is 3.35. The highest BCUT2D eigenvalue weighted by Gasteiger charge is 2.04. The van der Waals surface area contributed by atoms with Gasteiger partial charge in [0.05, 0.1) is 11.0 Å². The van der Waals surface area contributed by atoms with Crippen LogP contribution in [0, 0.1) is 6.92 Å². The lowest BCUT2D eigenvalue weighted by Crippen LogP contribution is -1.94. The maximum absolute atomic E-state index is 4.56. The molecule has 0 radical (unpaired) electrons. The number of hydrogen-bond donors (Lipinski definition) is 2. The van der Waals surface area contributed by atoms with Gasteiger partial charge in [0.2, 0.25) is 5.95 Å². The first kappa shape index (κ1) is 11.8. The highest BCUT2D eigenvalue weighted by atomic mass is 15.1. The van der Waals surface area contributed by atoms with Crippen LogP contribution in [0.15, 0.2) is 42.5 Å². The molecule has 0 amide bonds. The summed E-state index contributed by atoms with van der Waals surface area (Å²) in [6.07, 6.45) is 1.04. The number of hydrogen-bond acceptors (Lipinski definition) is 2. The molecule has 0 aliphatic carbocycles. The van der Waals surface area contributed by atoms with Crippen molar-refractivity contribution in [3.63, 3.8) is 0 Å². The lowest BCUT2D eigenvalue weighted by molar-refractivity contribution is 1.14. The van der Waals surface area contributed by atoms with Crippen LogP contribution in [0.2, 0.25) is 0 Å². The molecule has 0 saturated carbocycles. The molecule has 0 unspecified atom stereocenters. The Morgan fingerprint density at radius 1 is 1.21 bits per heavy atom. The molecule has 0 fully saturated rings. The van der Waals surface area contributed by atoms with E-state index in [9.17, 15) is 0 Å². The molecule has 0 atom stereocenters. The number of aromatic amines is 1. The predicted octanol–water partition coefficient (Wildman–Crippen LogP) is 4.42. The smallest absolute Gasteiger partial charge is 0.205 e. The van der Waals surface area contributed by atoms with Crippen LogP contribution in [-0.2, 0) is 6.42 Å². The molecule has 2 N–H and O–H groups in total. The average molecular weight is 253 g/mol. The van der Waals surface area contributed by atoms with Gasteiger partial charge in [0.15, 0.2) is 0 Å². The second-order valence-electron chi connectivity index (χ2n) is 4.73. The Bertz CT molecular complexity index is 719. The van der Waals surface area contributed by atoms with Crippen LogP contribution in [0.4, 0.5) is 11.6 Å². The van der Waals surface area contributed by atoms with E-state index in [1.54, 1.807) is 0 Å². The highest BCUT2D eigenvalue weighted by molar-refractivity contribution is 5.79. The number of benzene rings is 2. The number of H-pyrrole nitrogens is 1. The van der Waals surface area contributed by atoms with Gasteiger partial charge in [-0.2, -0.15) is 0 Å². The van der Waals surface area contributed by atoms with Gasteiger partial charge >= 0.3 is 0 Å². The van der Waals surface area contributed by atoms with E-state index in [1.807, 2.05) is 12.1 Å². The maximum atomic E-state index is 4.56. The number of nitrogens with zero attached hydrogens (tertiary/aromatic N) is 1. The number of fused-ring (bicyclic) bond motifs is 1. The molecule has 1 aromatic heterocycles. The lowest BCUT2D eigenvalue weighted by atomic mass is 10.1. The van der Waals surface area contributed by atoms with E-state index in [0.29, 0.717) is 0 Å². The first-order chi connectivity index (χ1) is 9.26. The van der Waals surface area contributed by atoms with Crippen LogP contribution < -0.4 is 5.32 Å². The molecule has 0 saturated heterocycles. The molecule has 0 spiro atoms. The summed E-state index contributed by atoms with van der Waals surface area (Å²) >= 11 is 0. The fraction of sp³-hybridized carbons (Fsp3) is 0.188. The van der Waals surface area contributed by atoms with Crippen molar-refractivity contribution in [3.8, 4) is 0 Å². The fourth-order valence-electron chi connectivity index (χ4n) is 2.18. The van der Waals surface area contributed by atoms with Gasteiger partial charge in [0.25, 0.3) is 0 Å². The Morgan fingerprint density at radius 2 is 2.05 bits per heavy atom. The van der Waals surface area contributed by atoms with Gasteiger partial charge in [0.1, 0.15) is 0 Å². The average Bonchev–Trinajstić information content (AvgIpc) is 2.82.